The van der Waals surface area contributed by atoms with Crippen LogP contribution < -0.4 is 10.6 Å². The quantitative estimate of drug-likeness (QED) is 0.431. The minimum Gasteiger partial charge on any atom is -0.352 e. The molecule has 33 heavy (non-hydrogen) atoms. The maximum Gasteiger partial charge on any atom is 0.246 e. The van der Waals surface area contributed by atoms with Crippen molar-refractivity contribution in [1.82, 2.24) is 24.9 Å². The van der Waals surface area contributed by atoms with Gasteiger partial charge in [-0.1, -0.05) is 42.5 Å². The molecule has 0 atom stereocenters. The summed E-state index contributed by atoms with van der Waals surface area (Å²) >= 11 is 0. The zero-order valence-corrected chi connectivity index (χ0v) is 19.0. The van der Waals surface area contributed by atoms with Gasteiger partial charge in [0.2, 0.25) is 5.91 Å². The van der Waals surface area contributed by atoms with Crippen molar-refractivity contribution in [1.29, 1.82) is 0 Å². The molecule has 0 saturated carbocycles. The maximum absolute atomic E-state index is 12.2. The van der Waals surface area contributed by atoms with E-state index < -0.39 is 0 Å². The lowest BCUT2D eigenvalue weighted by Gasteiger charge is -2.36. The van der Waals surface area contributed by atoms with Crippen LogP contribution in [0, 0.1) is 0 Å². The first kappa shape index (κ1) is 22.5. The van der Waals surface area contributed by atoms with Gasteiger partial charge in [-0.05, 0) is 29.3 Å². The average Bonchev–Trinajstić information content (AvgIpc) is 3.34. The highest BCUT2D eigenvalue weighted by Crippen LogP contribution is 2.12. The number of carbonyl (C=O) groups excluding carboxylic acids is 1. The fourth-order valence-corrected chi connectivity index (χ4v) is 3.97. The van der Waals surface area contributed by atoms with Crippen molar-refractivity contribution >= 4 is 17.6 Å². The molecule has 0 radical (unpaired) electrons. The Balaban J connectivity index is 1.25. The van der Waals surface area contributed by atoms with Crippen LogP contribution in [0.25, 0.3) is 0 Å². The molecule has 1 aliphatic heterocycles. The number of nitrogens with zero attached hydrogens (tertiary/aromatic N) is 5. The third-order valence-corrected chi connectivity index (χ3v) is 5.66. The molecule has 2 heterocycles. The van der Waals surface area contributed by atoms with E-state index in [0.29, 0.717) is 6.54 Å². The van der Waals surface area contributed by atoms with Crippen LogP contribution in [0.3, 0.4) is 0 Å². The summed E-state index contributed by atoms with van der Waals surface area (Å²) in [5, 5.41) is 10.5. The summed E-state index contributed by atoms with van der Waals surface area (Å²) in [5.74, 6) is 0.801. The molecule has 3 aromatic rings. The zero-order chi connectivity index (χ0) is 22.9. The van der Waals surface area contributed by atoms with Gasteiger partial charge in [0.15, 0.2) is 5.96 Å². The number of anilines is 1. The van der Waals surface area contributed by atoms with Gasteiger partial charge < -0.3 is 15.5 Å². The number of rotatable bonds is 7. The Morgan fingerprint density at radius 3 is 2.52 bits per heavy atom. The van der Waals surface area contributed by atoms with Crippen molar-refractivity contribution in [2.24, 2.45) is 4.99 Å². The Labute approximate surface area is 194 Å². The molecule has 1 amide bonds. The van der Waals surface area contributed by atoms with Gasteiger partial charge in [0.1, 0.15) is 6.54 Å². The van der Waals surface area contributed by atoms with E-state index in [4.69, 9.17) is 0 Å². The van der Waals surface area contributed by atoms with Gasteiger partial charge in [-0.3, -0.25) is 19.4 Å². The Kier molecular flexibility index (Phi) is 7.71. The van der Waals surface area contributed by atoms with Crippen LogP contribution in [0.5, 0.6) is 0 Å². The average molecular weight is 446 g/mol. The highest BCUT2D eigenvalue weighted by atomic mass is 16.2. The molecule has 2 N–H and O–H groups in total. The molecule has 0 unspecified atom stereocenters. The van der Waals surface area contributed by atoms with Crippen LogP contribution in [0.15, 0.2) is 78.0 Å². The number of hydrogen-bond donors (Lipinski definition) is 2. The second-order valence-corrected chi connectivity index (χ2v) is 8.10. The number of amides is 1. The Bertz CT molecular complexity index is 1040. The van der Waals surface area contributed by atoms with E-state index >= 15 is 0 Å². The number of carbonyl (C=O) groups is 1. The fraction of sp³-hybridized carbons (Fsp3) is 0.320. The summed E-state index contributed by atoms with van der Waals surface area (Å²) in [6.45, 7) is 5.71. The molecule has 1 aromatic heterocycles. The summed E-state index contributed by atoms with van der Waals surface area (Å²) in [6, 6.07) is 20.3. The van der Waals surface area contributed by atoms with Crippen LogP contribution in [-0.2, 0) is 24.4 Å². The first-order valence-electron chi connectivity index (χ1n) is 11.3. The lowest BCUT2D eigenvalue weighted by Crippen LogP contribution is -2.52. The lowest BCUT2D eigenvalue weighted by molar-refractivity contribution is -0.116. The van der Waals surface area contributed by atoms with E-state index in [1.807, 2.05) is 31.3 Å². The largest absolute Gasteiger partial charge is 0.352 e. The number of aliphatic imine (C=N–C) groups is 1. The highest BCUT2D eigenvalue weighted by Gasteiger charge is 2.19. The second kappa shape index (κ2) is 11.3. The van der Waals surface area contributed by atoms with Crippen LogP contribution in [0.4, 0.5) is 5.69 Å². The predicted molar refractivity (Wildman–Crippen MR) is 131 cm³/mol. The monoisotopic (exact) mass is 445 g/mol. The molecule has 2 aromatic carbocycles. The van der Waals surface area contributed by atoms with Crippen LogP contribution in [-0.4, -0.2) is 64.7 Å². The van der Waals surface area contributed by atoms with Gasteiger partial charge in [0, 0.05) is 64.4 Å². The molecule has 172 valence electrons. The second-order valence-electron chi connectivity index (χ2n) is 8.10. The van der Waals surface area contributed by atoms with Gasteiger partial charge in [-0.25, -0.2) is 0 Å². The third kappa shape index (κ3) is 6.66. The number of hydrogen-bond acceptors (Lipinski definition) is 4. The molecule has 1 saturated heterocycles. The minimum absolute atomic E-state index is 0.104. The summed E-state index contributed by atoms with van der Waals surface area (Å²) in [4.78, 5) is 21.5. The molecule has 4 rings (SSSR count). The van der Waals surface area contributed by atoms with Crippen LogP contribution >= 0.6 is 0 Å². The van der Waals surface area contributed by atoms with E-state index in [1.54, 1.807) is 23.1 Å². The number of benzene rings is 2. The van der Waals surface area contributed by atoms with Gasteiger partial charge in [-0.15, -0.1) is 0 Å². The number of nitrogens with one attached hydrogen (secondary N) is 2. The SMILES string of the molecule is CN=C(NCc1cccc(NC(=O)Cn2cccn2)c1)N1CCN(Cc2ccccc2)CC1. The van der Waals surface area contributed by atoms with E-state index in [-0.39, 0.29) is 12.5 Å². The number of aromatic nitrogens is 2. The van der Waals surface area contributed by atoms with Crippen molar-refractivity contribution < 1.29 is 4.79 Å². The summed E-state index contributed by atoms with van der Waals surface area (Å²) < 4.78 is 1.60. The number of guanidine groups is 1. The van der Waals surface area contributed by atoms with E-state index in [0.717, 1.165) is 49.9 Å². The van der Waals surface area contributed by atoms with Gasteiger partial charge in [0.25, 0.3) is 0 Å². The van der Waals surface area contributed by atoms with Gasteiger partial charge in [-0.2, -0.15) is 5.10 Å². The maximum atomic E-state index is 12.2. The Morgan fingerprint density at radius 1 is 1.00 bits per heavy atom. The van der Waals surface area contributed by atoms with Crippen LogP contribution in [0.1, 0.15) is 11.1 Å². The lowest BCUT2D eigenvalue weighted by atomic mass is 10.2. The summed E-state index contributed by atoms with van der Waals surface area (Å²) in [7, 11) is 1.82. The summed E-state index contributed by atoms with van der Waals surface area (Å²) in [6.07, 6.45) is 3.43. The van der Waals surface area contributed by atoms with E-state index in [1.165, 1.54) is 5.56 Å². The molecule has 0 spiro atoms. The first-order chi connectivity index (χ1) is 16.2. The highest BCUT2D eigenvalue weighted by molar-refractivity contribution is 5.90. The van der Waals surface area contributed by atoms with Crippen molar-refractivity contribution in [3.05, 3.63) is 84.2 Å². The summed E-state index contributed by atoms with van der Waals surface area (Å²) in [5.41, 5.74) is 3.21. The van der Waals surface area contributed by atoms with E-state index in [9.17, 15) is 4.79 Å². The molecular weight excluding hydrogens is 414 g/mol. The van der Waals surface area contributed by atoms with Crippen molar-refractivity contribution in [3.8, 4) is 0 Å². The molecule has 8 heteroatoms. The smallest absolute Gasteiger partial charge is 0.246 e. The normalized spacial score (nSPS) is 14.8. The molecule has 0 bridgehead atoms. The molecule has 0 aliphatic carbocycles. The van der Waals surface area contributed by atoms with Crippen LogP contribution in [0.2, 0.25) is 0 Å². The van der Waals surface area contributed by atoms with Crippen molar-refractivity contribution in [2.45, 2.75) is 19.6 Å². The predicted octanol–water partition coefficient (Wildman–Crippen LogP) is 2.42. The first-order valence-corrected chi connectivity index (χ1v) is 11.3. The van der Waals surface area contributed by atoms with Gasteiger partial charge in [0.05, 0.1) is 0 Å². The standard InChI is InChI=1S/C25H31N7O/c1-26-25(31-15-13-30(14-16-31)19-21-7-3-2-4-8-21)27-18-22-9-5-10-23(17-22)29-24(33)20-32-12-6-11-28-32/h2-12,17H,13-16,18-20H2,1H3,(H,26,27)(H,29,33). The Morgan fingerprint density at radius 2 is 1.79 bits per heavy atom. The molecule has 1 fully saturated rings. The number of piperazine rings is 1. The molecule has 1 aliphatic rings. The molecule has 8 nitrogen and oxygen atoms in total. The zero-order valence-electron chi connectivity index (χ0n) is 19.0. The Hall–Kier alpha value is -3.65. The van der Waals surface area contributed by atoms with Crippen molar-refractivity contribution in [2.75, 3.05) is 38.5 Å². The minimum atomic E-state index is -0.104. The third-order valence-electron chi connectivity index (χ3n) is 5.66. The van der Waals surface area contributed by atoms with Gasteiger partial charge >= 0.3 is 0 Å². The fourth-order valence-electron chi connectivity index (χ4n) is 3.97. The van der Waals surface area contributed by atoms with E-state index in [2.05, 4.69) is 60.9 Å². The van der Waals surface area contributed by atoms with Crippen molar-refractivity contribution in [3.63, 3.8) is 0 Å². The molecular formula is C25H31N7O. The topological polar surface area (TPSA) is 77.8 Å².